The van der Waals surface area contributed by atoms with Crippen LogP contribution in [0.5, 0.6) is 0 Å². The standard InChI is InChI=1S/C20H30N4S/c1-5-24(4)15-18-9-6-8-17(12-18)14-23-20(21-3)22-13-16(2)19-10-7-11-25-19/h6-12,16H,5,13-15H2,1-4H3,(H2,21,22,23). The van der Waals surface area contributed by atoms with E-state index in [0.717, 1.165) is 32.1 Å². The van der Waals surface area contributed by atoms with E-state index in [-0.39, 0.29) is 0 Å². The van der Waals surface area contributed by atoms with Crippen LogP contribution in [0.3, 0.4) is 0 Å². The maximum Gasteiger partial charge on any atom is 0.191 e. The summed E-state index contributed by atoms with van der Waals surface area (Å²) in [5.41, 5.74) is 2.62. The fraction of sp³-hybridized carbons (Fsp3) is 0.450. The highest BCUT2D eigenvalue weighted by molar-refractivity contribution is 7.10. The summed E-state index contributed by atoms with van der Waals surface area (Å²) in [7, 11) is 3.96. The first-order chi connectivity index (χ1) is 12.1. The van der Waals surface area contributed by atoms with Crippen molar-refractivity contribution in [3.8, 4) is 0 Å². The number of aliphatic imine (C=N–C) groups is 1. The molecule has 0 spiro atoms. The molecule has 2 rings (SSSR count). The van der Waals surface area contributed by atoms with Crippen LogP contribution in [0.4, 0.5) is 0 Å². The van der Waals surface area contributed by atoms with Gasteiger partial charge in [0.05, 0.1) is 0 Å². The first kappa shape index (κ1) is 19.5. The Morgan fingerprint density at radius 3 is 2.68 bits per heavy atom. The smallest absolute Gasteiger partial charge is 0.191 e. The lowest BCUT2D eigenvalue weighted by molar-refractivity contribution is 0.345. The molecule has 0 saturated heterocycles. The number of thiophene rings is 1. The summed E-state index contributed by atoms with van der Waals surface area (Å²) in [5, 5.41) is 8.96. The molecule has 136 valence electrons. The first-order valence-electron chi connectivity index (χ1n) is 8.86. The molecular formula is C20H30N4S. The van der Waals surface area contributed by atoms with E-state index in [4.69, 9.17) is 0 Å². The first-order valence-corrected chi connectivity index (χ1v) is 9.74. The average Bonchev–Trinajstić information content (AvgIpc) is 3.16. The van der Waals surface area contributed by atoms with Gasteiger partial charge >= 0.3 is 0 Å². The van der Waals surface area contributed by atoms with Gasteiger partial charge in [-0.1, -0.05) is 44.2 Å². The minimum Gasteiger partial charge on any atom is -0.356 e. The second kappa shape index (κ2) is 10.2. The van der Waals surface area contributed by atoms with Crippen molar-refractivity contribution in [1.29, 1.82) is 0 Å². The van der Waals surface area contributed by atoms with E-state index in [1.54, 1.807) is 11.3 Å². The topological polar surface area (TPSA) is 39.7 Å². The second-order valence-electron chi connectivity index (χ2n) is 6.37. The van der Waals surface area contributed by atoms with Crippen LogP contribution in [0.15, 0.2) is 46.8 Å². The Balaban J connectivity index is 1.83. The Bertz CT molecular complexity index is 651. The zero-order chi connectivity index (χ0) is 18.1. The molecule has 1 aromatic heterocycles. The molecule has 0 aliphatic carbocycles. The Labute approximate surface area is 156 Å². The molecule has 2 N–H and O–H groups in total. The number of nitrogens with zero attached hydrogens (tertiary/aromatic N) is 2. The number of guanidine groups is 1. The SMILES string of the molecule is CCN(C)Cc1cccc(CNC(=NC)NCC(C)c2cccs2)c1. The fourth-order valence-corrected chi connectivity index (χ4v) is 3.38. The van der Waals surface area contributed by atoms with Gasteiger partial charge in [0.25, 0.3) is 0 Å². The van der Waals surface area contributed by atoms with Crippen molar-refractivity contribution in [2.45, 2.75) is 32.9 Å². The molecule has 0 aliphatic rings. The summed E-state index contributed by atoms with van der Waals surface area (Å²) in [4.78, 5) is 8.03. The molecule has 0 saturated carbocycles. The van der Waals surface area contributed by atoms with Crippen molar-refractivity contribution < 1.29 is 0 Å². The van der Waals surface area contributed by atoms with E-state index in [1.807, 2.05) is 7.05 Å². The Morgan fingerprint density at radius 2 is 2.00 bits per heavy atom. The van der Waals surface area contributed by atoms with Crippen molar-refractivity contribution in [2.24, 2.45) is 4.99 Å². The van der Waals surface area contributed by atoms with Gasteiger partial charge < -0.3 is 15.5 Å². The van der Waals surface area contributed by atoms with Crippen LogP contribution in [0.2, 0.25) is 0 Å². The molecule has 2 aromatic rings. The molecule has 4 nitrogen and oxygen atoms in total. The van der Waals surface area contributed by atoms with Crippen LogP contribution in [0.25, 0.3) is 0 Å². The van der Waals surface area contributed by atoms with Crippen LogP contribution in [-0.2, 0) is 13.1 Å². The lowest BCUT2D eigenvalue weighted by atomic mass is 10.1. The highest BCUT2D eigenvalue weighted by Crippen LogP contribution is 2.19. The molecule has 0 bridgehead atoms. The lowest BCUT2D eigenvalue weighted by Gasteiger charge is -2.16. The van der Waals surface area contributed by atoms with Crippen molar-refractivity contribution in [3.05, 3.63) is 57.8 Å². The summed E-state index contributed by atoms with van der Waals surface area (Å²) < 4.78 is 0. The highest BCUT2D eigenvalue weighted by Gasteiger charge is 2.07. The monoisotopic (exact) mass is 358 g/mol. The van der Waals surface area contributed by atoms with Gasteiger partial charge in [-0.05, 0) is 36.2 Å². The van der Waals surface area contributed by atoms with Gasteiger partial charge in [-0.3, -0.25) is 4.99 Å². The maximum atomic E-state index is 4.33. The van der Waals surface area contributed by atoms with E-state index >= 15 is 0 Å². The Kier molecular flexibility index (Phi) is 7.95. The van der Waals surface area contributed by atoms with Crippen molar-refractivity contribution in [3.63, 3.8) is 0 Å². The fourth-order valence-electron chi connectivity index (χ4n) is 2.59. The molecule has 0 radical (unpaired) electrons. The zero-order valence-corrected chi connectivity index (χ0v) is 16.6. The number of hydrogen-bond acceptors (Lipinski definition) is 3. The van der Waals surface area contributed by atoms with Gasteiger partial charge in [0.15, 0.2) is 5.96 Å². The molecule has 0 amide bonds. The molecule has 1 unspecified atom stereocenters. The summed E-state index contributed by atoms with van der Waals surface area (Å²) in [6.07, 6.45) is 0. The van der Waals surface area contributed by atoms with E-state index < -0.39 is 0 Å². The van der Waals surface area contributed by atoms with Gasteiger partial charge in [0.2, 0.25) is 0 Å². The summed E-state index contributed by atoms with van der Waals surface area (Å²) in [6, 6.07) is 13.0. The van der Waals surface area contributed by atoms with Gasteiger partial charge in [0.1, 0.15) is 0 Å². The molecular weight excluding hydrogens is 328 g/mol. The lowest BCUT2D eigenvalue weighted by Crippen LogP contribution is -2.38. The van der Waals surface area contributed by atoms with Crippen LogP contribution in [0.1, 0.15) is 35.8 Å². The van der Waals surface area contributed by atoms with Gasteiger partial charge in [-0.2, -0.15) is 0 Å². The predicted octanol–water partition coefficient (Wildman–Crippen LogP) is 3.67. The summed E-state index contributed by atoms with van der Waals surface area (Å²) in [5.74, 6) is 1.32. The molecule has 1 heterocycles. The van der Waals surface area contributed by atoms with E-state index in [2.05, 4.69) is 83.2 Å². The minimum absolute atomic E-state index is 0.478. The molecule has 5 heteroatoms. The summed E-state index contributed by atoms with van der Waals surface area (Å²) >= 11 is 1.80. The van der Waals surface area contributed by atoms with Crippen LogP contribution < -0.4 is 10.6 Å². The van der Waals surface area contributed by atoms with Crippen LogP contribution >= 0.6 is 11.3 Å². The summed E-state index contributed by atoms with van der Waals surface area (Å²) in [6.45, 7) is 8.10. The van der Waals surface area contributed by atoms with E-state index in [1.165, 1.54) is 16.0 Å². The van der Waals surface area contributed by atoms with Crippen LogP contribution in [0, 0.1) is 0 Å². The number of rotatable bonds is 8. The molecule has 1 atom stereocenters. The van der Waals surface area contributed by atoms with Crippen molar-refractivity contribution in [2.75, 3.05) is 27.2 Å². The van der Waals surface area contributed by atoms with Crippen molar-refractivity contribution >= 4 is 17.3 Å². The number of benzene rings is 1. The van der Waals surface area contributed by atoms with Gasteiger partial charge in [-0.25, -0.2) is 0 Å². The number of nitrogens with one attached hydrogen (secondary N) is 2. The number of hydrogen-bond donors (Lipinski definition) is 2. The molecule has 0 aliphatic heterocycles. The Hall–Kier alpha value is -1.85. The quantitative estimate of drug-likeness (QED) is 0.559. The second-order valence-corrected chi connectivity index (χ2v) is 7.35. The third-order valence-electron chi connectivity index (χ3n) is 4.27. The molecule has 1 aromatic carbocycles. The van der Waals surface area contributed by atoms with E-state index in [9.17, 15) is 0 Å². The third kappa shape index (κ3) is 6.52. The third-order valence-corrected chi connectivity index (χ3v) is 5.38. The minimum atomic E-state index is 0.478. The molecule has 0 fully saturated rings. The molecule has 25 heavy (non-hydrogen) atoms. The van der Waals surface area contributed by atoms with Crippen molar-refractivity contribution in [1.82, 2.24) is 15.5 Å². The average molecular weight is 359 g/mol. The van der Waals surface area contributed by atoms with Crippen LogP contribution in [-0.4, -0.2) is 38.0 Å². The predicted molar refractivity (Wildman–Crippen MR) is 109 cm³/mol. The van der Waals surface area contributed by atoms with Gasteiger partial charge in [0, 0.05) is 37.5 Å². The van der Waals surface area contributed by atoms with E-state index in [0.29, 0.717) is 5.92 Å². The maximum absolute atomic E-state index is 4.33. The van der Waals surface area contributed by atoms with Gasteiger partial charge in [-0.15, -0.1) is 11.3 Å². The highest BCUT2D eigenvalue weighted by atomic mass is 32.1. The largest absolute Gasteiger partial charge is 0.356 e. The normalized spacial score (nSPS) is 13.1. The Morgan fingerprint density at radius 1 is 1.20 bits per heavy atom. The zero-order valence-electron chi connectivity index (χ0n) is 15.7.